The summed E-state index contributed by atoms with van der Waals surface area (Å²) in [4.78, 5) is 12.1. The quantitative estimate of drug-likeness (QED) is 0.488. The highest BCUT2D eigenvalue weighted by Gasteiger charge is 2.13. The molecule has 3 aromatic rings. The highest BCUT2D eigenvalue weighted by Crippen LogP contribution is 2.26. The summed E-state index contributed by atoms with van der Waals surface area (Å²) in [5.41, 5.74) is 2.92. The number of nitrogens with zero attached hydrogens (tertiary/aromatic N) is 3. The molecule has 0 atom stereocenters. The fourth-order valence-electron chi connectivity index (χ4n) is 2.72. The minimum atomic E-state index is -0.0807. The number of hydrogen-bond acceptors (Lipinski definition) is 5. The monoisotopic (exact) mass is 464 g/mol. The van der Waals surface area contributed by atoms with Crippen LogP contribution in [0.3, 0.4) is 0 Å². The van der Waals surface area contributed by atoms with Gasteiger partial charge < -0.3 is 14.6 Å². The third-order valence-corrected chi connectivity index (χ3v) is 6.31. The van der Waals surface area contributed by atoms with Crippen molar-refractivity contribution >= 4 is 40.9 Å². The van der Waals surface area contributed by atoms with E-state index in [2.05, 4.69) is 15.5 Å². The zero-order chi connectivity index (χ0) is 21.7. The van der Waals surface area contributed by atoms with Gasteiger partial charge >= 0.3 is 0 Å². The molecule has 0 unspecified atom stereocenters. The van der Waals surface area contributed by atoms with E-state index in [4.69, 9.17) is 27.9 Å². The van der Waals surface area contributed by atoms with Crippen molar-refractivity contribution in [3.05, 3.63) is 69.0 Å². The van der Waals surface area contributed by atoms with Crippen molar-refractivity contribution in [3.8, 4) is 5.75 Å². The van der Waals surface area contributed by atoms with Gasteiger partial charge in [-0.15, -0.1) is 10.2 Å². The van der Waals surface area contributed by atoms with Gasteiger partial charge in [0.15, 0.2) is 11.0 Å². The molecule has 0 bridgehead atoms. The summed E-state index contributed by atoms with van der Waals surface area (Å²) in [6.07, 6.45) is 0. The first-order valence-electron chi connectivity index (χ1n) is 9.25. The Morgan fingerprint density at radius 2 is 1.80 bits per heavy atom. The number of aryl methyl sites for hydroxylation is 2. The van der Waals surface area contributed by atoms with Crippen LogP contribution in [0.5, 0.6) is 5.75 Å². The number of aromatic nitrogens is 3. The minimum absolute atomic E-state index is 0.0807. The minimum Gasteiger partial charge on any atom is -0.486 e. The van der Waals surface area contributed by atoms with Crippen molar-refractivity contribution in [3.63, 3.8) is 0 Å². The van der Waals surface area contributed by atoms with E-state index in [0.717, 1.165) is 27.5 Å². The fourth-order valence-corrected chi connectivity index (χ4v) is 3.71. The number of benzene rings is 2. The Morgan fingerprint density at radius 3 is 2.47 bits per heavy atom. The number of carbonyl (C=O) groups is 1. The van der Waals surface area contributed by atoms with E-state index in [-0.39, 0.29) is 18.3 Å². The third kappa shape index (κ3) is 5.90. The smallest absolute Gasteiger partial charge is 0.230 e. The van der Waals surface area contributed by atoms with E-state index in [1.807, 2.05) is 49.7 Å². The zero-order valence-electron chi connectivity index (χ0n) is 16.9. The molecule has 6 nitrogen and oxygen atoms in total. The van der Waals surface area contributed by atoms with Gasteiger partial charge in [0.25, 0.3) is 0 Å². The topological polar surface area (TPSA) is 69.0 Å². The molecule has 0 aliphatic carbocycles. The van der Waals surface area contributed by atoms with Gasteiger partial charge in [0.2, 0.25) is 5.91 Å². The molecular formula is C21H22Cl2N4O2S. The Morgan fingerprint density at radius 1 is 1.13 bits per heavy atom. The van der Waals surface area contributed by atoms with E-state index < -0.39 is 0 Å². The maximum atomic E-state index is 12.1. The average molecular weight is 465 g/mol. The molecule has 158 valence electrons. The van der Waals surface area contributed by atoms with Gasteiger partial charge in [-0.3, -0.25) is 4.79 Å². The van der Waals surface area contributed by atoms with Gasteiger partial charge in [0, 0.05) is 23.6 Å². The fraction of sp³-hybridized carbons (Fsp3) is 0.286. The zero-order valence-corrected chi connectivity index (χ0v) is 19.2. The molecule has 9 heteroatoms. The molecule has 3 rings (SSSR count). The van der Waals surface area contributed by atoms with Crippen LogP contribution < -0.4 is 10.1 Å². The van der Waals surface area contributed by atoms with Crippen molar-refractivity contribution in [2.45, 2.75) is 32.2 Å². The van der Waals surface area contributed by atoms with Crippen LogP contribution in [0, 0.1) is 13.8 Å². The summed E-state index contributed by atoms with van der Waals surface area (Å²) in [7, 11) is 1.85. The molecule has 0 fully saturated rings. The number of carbonyl (C=O) groups excluding carboxylic acids is 1. The first-order valence-corrected chi connectivity index (χ1v) is 11.0. The van der Waals surface area contributed by atoms with Crippen molar-refractivity contribution in [2.24, 2.45) is 7.05 Å². The maximum absolute atomic E-state index is 12.1. The predicted octanol–water partition coefficient (Wildman–Crippen LogP) is 4.73. The van der Waals surface area contributed by atoms with Crippen molar-refractivity contribution < 1.29 is 9.53 Å². The Labute approximate surface area is 189 Å². The van der Waals surface area contributed by atoms with Crippen molar-refractivity contribution in [1.82, 2.24) is 20.1 Å². The molecule has 1 amide bonds. The number of amides is 1. The highest BCUT2D eigenvalue weighted by molar-refractivity contribution is 7.99. The molecular weight excluding hydrogens is 443 g/mol. The lowest BCUT2D eigenvalue weighted by molar-refractivity contribution is -0.118. The maximum Gasteiger partial charge on any atom is 0.230 e. The largest absolute Gasteiger partial charge is 0.486 e. The Hall–Kier alpha value is -2.22. The summed E-state index contributed by atoms with van der Waals surface area (Å²) < 4.78 is 7.67. The van der Waals surface area contributed by atoms with Gasteiger partial charge in [-0.05, 0) is 54.8 Å². The van der Waals surface area contributed by atoms with Crippen LogP contribution in [-0.4, -0.2) is 26.4 Å². The Kier molecular flexibility index (Phi) is 7.64. The number of ether oxygens (including phenoxy) is 1. The first kappa shape index (κ1) is 22.5. The number of hydrogen-bond donors (Lipinski definition) is 1. The molecule has 1 N–H and O–H groups in total. The number of rotatable bonds is 8. The molecule has 0 radical (unpaired) electrons. The van der Waals surface area contributed by atoms with Crippen molar-refractivity contribution in [2.75, 3.05) is 5.75 Å². The summed E-state index contributed by atoms with van der Waals surface area (Å²) in [5, 5.41) is 13.3. The number of halogens is 2. The highest BCUT2D eigenvalue weighted by atomic mass is 35.5. The van der Waals surface area contributed by atoms with Crippen LogP contribution in [0.15, 0.2) is 41.6 Å². The SMILES string of the molecule is Cc1cc(OCc2nnc(SCC(=O)NCc3ccc(Cl)cc3)n2C)cc(C)c1Cl. The number of nitrogens with one attached hydrogen (secondary N) is 1. The summed E-state index contributed by atoms with van der Waals surface area (Å²) in [6, 6.07) is 11.2. The molecule has 2 aromatic carbocycles. The average Bonchev–Trinajstić information content (AvgIpc) is 3.08. The van der Waals surface area contributed by atoms with Gasteiger partial charge in [0.05, 0.1) is 5.75 Å². The lowest BCUT2D eigenvalue weighted by atomic mass is 10.1. The van der Waals surface area contributed by atoms with Crippen LogP contribution in [0.4, 0.5) is 0 Å². The van der Waals surface area contributed by atoms with E-state index in [1.165, 1.54) is 11.8 Å². The molecule has 0 saturated carbocycles. The van der Waals surface area contributed by atoms with Crippen molar-refractivity contribution in [1.29, 1.82) is 0 Å². The lowest BCUT2D eigenvalue weighted by Crippen LogP contribution is -2.24. The summed E-state index contributed by atoms with van der Waals surface area (Å²) >= 11 is 13.4. The molecule has 0 aliphatic heterocycles. The number of thioether (sulfide) groups is 1. The van der Waals surface area contributed by atoms with Crippen LogP contribution in [0.25, 0.3) is 0 Å². The first-order chi connectivity index (χ1) is 14.3. The lowest BCUT2D eigenvalue weighted by Gasteiger charge is -2.10. The standard InChI is InChI=1S/C21H22Cl2N4O2S/c1-13-8-17(9-14(2)20(13)23)29-11-18-25-26-21(27(18)3)30-12-19(28)24-10-15-4-6-16(22)7-5-15/h4-9H,10-12H2,1-3H3,(H,24,28). The predicted molar refractivity (Wildman–Crippen MR) is 120 cm³/mol. The van der Waals surface area contributed by atoms with Crippen LogP contribution in [0.2, 0.25) is 10.0 Å². The van der Waals surface area contributed by atoms with Crippen LogP contribution in [0.1, 0.15) is 22.5 Å². The third-order valence-electron chi connectivity index (χ3n) is 4.44. The molecule has 1 aromatic heterocycles. The second-order valence-electron chi connectivity index (χ2n) is 6.81. The molecule has 1 heterocycles. The summed E-state index contributed by atoms with van der Waals surface area (Å²) in [5.74, 6) is 1.57. The second-order valence-corrected chi connectivity index (χ2v) is 8.57. The van der Waals surface area contributed by atoms with Gasteiger partial charge in [-0.2, -0.15) is 0 Å². The van der Waals surface area contributed by atoms with E-state index in [1.54, 1.807) is 12.1 Å². The van der Waals surface area contributed by atoms with Crippen LogP contribution in [-0.2, 0) is 25.0 Å². The molecule has 0 aliphatic rings. The van der Waals surface area contributed by atoms with E-state index in [0.29, 0.717) is 22.5 Å². The Balaban J connectivity index is 1.50. The van der Waals surface area contributed by atoms with Gasteiger partial charge in [-0.25, -0.2) is 0 Å². The van der Waals surface area contributed by atoms with Gasteiger partial charge in [-0.1, -0.05) is 47.1 Å². The van der Waals surface area contributed by atoms with Crippen LogP contribution >= 0.6 is 35.0 Å². The van der Waals surface area contributed by atoms with Gasteiger partial charge in [0.1, 0.15) is 12.4 Å². The summed E-state index contributed by atoms with van der Waals surface area (Å²) in [6.45, 7) is 4.61. The molecule has 0 saturated heterocycles. The molecule has 30 heavy (non-hydrogen) atoms. The molecule has 0 spiro atoms. The van der Waals surface area contributed by atoms with E-state index in [9.17, 15) is 4.79 Å². The Bertz CT molecular complexity index is 1010. The van der Waals surface area contributed by atoms with E-state index >= 15 is 0 Å². The second kappa shape index (κ2) is 10.2. The normalized spacial score (nSPS) is 10.8.